The highest BCUT2D eigenvalue weighted by molar-refractivity contribution is 4.90. The Morgan fingerprint density at radius 1 is 1.21 bits per heavy atom. The Kier molecular flexibility index (Phi) is 3.39. The number of nitriles is 1. The van der Waals surface area contributed by atoms with Crippen LogP contribution in [0.2, 0.25) is 0 Å². The molecule has 1 N–H and O–H groups in total. The van der Waals surface area contributed by atoms with Crippen molar-refractivity contribution in [3.8, 4) is 6.07 Å². The monoisotopic (exact) mass is 193 g/mol. The molecule has 2 aliphatic heterocycles. The van der Waals surface area contributed by atoms with Gasteiger partial charge in [-0.3, -0.25) is 0 Å². The van der Waals surface area contributed by atoms with Gasteiger partial charge in [0.15, 0.2) is 0 Å². The van der Waals surface area contributed by atoms with Crippen LogP contribution in [0.4, 0.5) is 0 Å². The summed E-state index contributed by atoms with van der Waals surface area (Å²) < 4.78 is 0. The minimum atomic E-state index is 0.724. The van der Waals surface area contributed by atoms with Crippen LogP contribution in [-0.2, 0) is 0 Å². The third kappa shape index (κ3) is 2.26. The highest BCUT2D eigenvalue weighted by atomic mass is 15.2. The summed E-state index contributed by atoms with van der Waals surface area (Å²) >= 11 is 0. The van der Waals surface area contributed by atoms with Crippen LogP contribution in [0.15, 0.2) is 0 Å². The van der Waals surface area contributed by atoms with Gasteiger partial charge >= 0.3 is 0 Å². The molecule has 3 nitrogen and oxygen atoms in total. The van der Waals surface area contributed by atoms with Crippen LogP contribution >= 0.6 is 0 Å². The van der Waals surface area contributed by atoms with Gasteiger partial charge in [-0.25, -0.2) is 0 Å². The Morgan fingerprint density at radius 3 is 2.57 bits per heavy atom. The summed E-state index contributed by atoms with van der Waals surface area (Å²) in [7, 11) is 0. The Labute approximate surface area is 86.1 Å². The zero-order chi connectivity index (χ0) is 9.80. The topological polar surface area (TPSA) is 39.1 Å². The molecule has 0 radical (unpaired) electrons. The van der Waals surface area contributed by atoms with Crippen molar-refractivity contribution in [2.24, 2.45) is 11.8 Å². The fourth-order valence-electron chi connectivity index (χ4n) is 2.67. The summed E-state index contributed by atoms with van der Waals surface area (Å²) in [6.07, 6.45) is 2.99. The molecule has 2 fully saturated rings. The van der Waals surface area contributed by atoms with Gasteiger partial charge in [0.1, 0.15) is 0 Å². The quantitative estimate of drug-likeness (QED) is 0.672. The molecule has 2 atom stereocenters. The second-order valence-corrected chi connectivity index (χ2v) is 4.55. The molecule has 14 heavy (non-hydrogen) atoms. The number of hydrogen-bond donors (Lipinski definition) is 1. The van der Waals surface area contributed by atoms with E-state index in [-0.39, 0.29) is 0 Å². The molecule has 0 aromatic rings. The highest BCUT2D eigenvalue weighted by Gasteiger charge is 2.35. The Bertz CT molecular complexity index is 209. The highest BCUT2D eigenvalue weighted by Crippen LogP contribution is 2.26. The standard InChI is InChI=1S/C11H19N3/c12-4-2-1-3-5-14-8-10-6-13-7-11(10)9-14/h10-11,13H,1-3,5-9H2. The average molecular weight is 193 g/mol. The third-order valence-electron chi connectivity index (χ3n) is 3.48. The number of nitrogens with zero attached hydrogens (tertiary/aromatic N) is 2. The van der Waals surface area contributed by atoms with Crippen LogP contribution in [0.5, 0.6) is 0 Å². The minimum Gasteiger partial charge on any atom is -0.316 e. The van der Waals surface area contributed by atoms with Gasteiger partial charge in [0, 0.05) is 19.5 Å². The van der Waals surface area contributed by atoms with Crippen LogP contribution < -0.4 is 5.32 Å². The van der Waals surface area contributed by atoms with Crippen molar-refractivity contribution in [2.45, 2.75) is 19.3 Å². The summed E-state index contributed by atoms with van der Waals surface area (Å²) in [6, 6.07) is 2.20. The van der Waals surface area contributed by atoms with Crippen LogP contribution in [0.25, 0.3) is 0 Å². The molecule has 0 aromatic heterocycles. The largest absolute Gasteiger partial charge is 0.316 e. The van der Waals surface area contributed by atoms with Crippen molar-refractivity contribution in [1.29, 1.82) is 5.26 Å². The van der Waals surface area contributed by atoms with E-state index in [1.807, 2.05) is 0 Å². The second-order valence-electron chi connectivity index (χ2n) is 4.55. The fraction of sp³-hybridized carbons (Fsp3) is 0.909. The van der Waals surface area contributed by atoms with Crippen molar-refractivity contribution < 1.29 is 0 Å². The normalized spacial score (nSPS) is 31.6. The van der Waals surface area contributed by atoms with E-state index in [2.05, 4.69) is 16.3 Å². The van der Waals surface area contributed by atoms with Crippen LogP contribution in [0.3, 0.4) is 0 Å². The zero-order valence-electron chi connectivity index (χ0n) is 8.71. The van der Waals surface area contributed by atoms with Crippen molar-refractivity contribution >= 4 is 0 Å². The molecule has 0 aromatic carbocycles. The molecule has 2 unspecified atom stereocenters. The minimum absolute atomic E-state index is 0.724. The molecular formula is C11H19N3. The van der Waals surface area contributed by atoms with Gasteiger partial charge < -0.3 is 10.2 Å². The van der Waals surface area contributed by atoms with Gasteiger partial charge in [-0.05, 0) is 44.3 Å². The first-order chi connectivity index (χ1) is 6.90. The first-order valence-corrected chi connectivity index (χ1v) is 5.70. The summed E-state index contributed by atoms with van der Waals surface area (Å²) in [5, 5.41) is 11.9. The zero-order valence-corrected chi connectivity index (χ0v) is 8.71. The first-order valence-electron chi connectivity index (χ1n) is 5.70. The smallest absolute Gasteiger partial charge is 0.0621 e. The predicted octanol–water partition coefficient (Wildman–Crippen LogP) is 0.831. The Hall–Kier alpha value is -0.590. The predicted molar refractivity (Wildman–Crippen MR) is 55.8 cm³/mol. The molecule has 0 aliphatic carbocycles. The second kappa shape index (κ2) is 4.77. The van der Waals surface area contributed by atoms with E-state index in [0.29, 0.717) is 0 Å². The molecule has 3 heteroatoms. The lowest BCUT2D eigenvalue weighted by Crippen LogP contribution is -2.26. The third-order valence-corrected chi connectivity index (χ3v) is 3.48. The van der Waals surface area contributed by atoms with Crippen molar-refractivity contribution in [2.75, 3.05) is 32.7 Å². The molecule has 2 heterocycles. The SMILES string of the molecule is N#CCCCCN1CC2CNCC2C1. The maximum Gasteiger partial charge on any atom is 0.0621 e. The maximum absolute atomic E-state index is 8.42. The summed E-state index contributed by atoms with van der Waals surface area (Å²) in [5.41, 5.74) is 0. The van der Waals surface area contributed by atoms with Crippen LogP contribution in [0, 0.1) is 23.2 Å². The van der Waals surface area contributed by atoms with Gasteiger partial charge in [0.25, 0.3) is 0 Å². The van der Waals surface area contributed by atoms with Gasteiger partial charge in [0.2, 0.25) is 0 Å². The molecule has 2 aliphatic rings. The van der Waals surface area contributed by atoms with Crippen molar-refractivity contribution in [3.63, 3.8) is 0 Å². The van der Waals surface area contributed by atoms with Crippen LogP contribution in [0.1, 0.15) is 19.3 Å². The molecule has 0 amide bonds. The molecule has 2 rings (SSSR count). The lowest BCUT2D eigenvalue weighted by Gasteiger charge is -2.15. The summed E-state index contributed by atoms with van der Waals surface area (Å²) in [4.78, 5) is 2.58. The van der Waals surface area contributed by atoms with E-state index in [4.69, 9.17) is 5.26 Å². The van der Waals surface area contributed by atoms with E-state index in [1.54, 1.807) is 0 Å². The maximum atomic E-state index is 8.42. The van der Waals surface area contributed by atoms with E-state index < -0.39 is 0 Å². The van der Waals surface area contributed by atoms with Gasteiger partial charge in [-0.1, -0.05) is 0 Å². The first kappa shape index (κ1) is 9.95. The number of unbranched alkanes of at least 4 members (excludes halogenated alkanes) is 2. The Morgan fingerprint density at radius 2 is 1.93 bits per heavy atom. The fourth-order valence-corrected chi connectivity index (χ4v) is 2.67. The lowest BCUT2D eigenvalue weighted by molar-refractivity contribution is 0.306. The summed E-state index contributed by atoms with van der Waals surface area (Å²) in [6.45, 7) is 6.21. The van der Waals surface area contributed by atoms with Gasteiger partial charge in [-0.15, -0.1) is 0 Å². The number of fused-ring (bicyclic) bond motifs is 1. The van der Waals surface area contributed by atoms with E-state index in [1.165, 1.54) is 39.1 Å². The van der Waals surface area contributed by atoms with Gasteiger partial charge in [-0.2, -0.15) is 5.26 Å². The molecule has 0 spiro atoms. The van der Waals surface area contributed by atoms with Crippen molar-refractivity contribution in [3.05, 3.63) is 0 Å². The molecule has 0 bridgehead atoms. The molecule has 2 saturated heterocycles. The number of nitrogens with one attached hydrogen (secondary N) is 1. The Balaban J connectivity index is 1.62. The van der Waals surface area contributed by atoms with E-state index in [9.17, 15) is 0 Å². The average Bonchev–Trinajstić information content (AvgIpc) is 2.72. The summed E-state index contributed by atoms with van der Waals surface area (Å²) in [5.74, 6) is 1.82. The number of hydrogen-bond acceptors (Lipinski definition) is 3. The number of rotatable bonds is 4. The molecule has 0 saturated carbocycles. The number of likely N-dealkylation sites (tertiary alicyclic amines) is 1. The lowest BCUT2D eigenvalue weighted by atomic mass is 10.0. The van der Waals surface area contributed by atoms with Crippen molar-refractivity contribution in [1.82, 2.24) is 10.2 Å². The molecule has 78 valence electrons. The molecular weight excluding hydrogens is 174 g/mol. The van der Waals surface area contributed by atoms with Crippen LogP contribution in [-0.4, -0.2) is 37.6 Å². The van der Waals surface area contributed by atoms with E-state index >= 15 is 0 Å². The van der Waals surface area contributed by atoms with Gasteiger partial charge in [0.05, 0.1) is 6.07 Å². The van der Waals surface area contributed by atoms with E-state index in [0.717, 1.165) is 24.7 Å².